The molecule has 5 heteroatoms. The molecule has 0 unspecified atom stereocenters. The number of hydrogen-bond donors (Lipinski definition) is 0. The number of carbonyl (C=O) groups is 1. The van der Waals surface area contributed by atoms with Gasteiger partial charge in [0.25, 0.3) is 0 Å². The van der Waals surface area contributed by atoms with E-state index in [1.54, 1.807) is 48.5 Å². The van der Waals surface area contributed by atoms with Crippen LogP contribution in [-0.4, -0.2) is 20.2 Å². The summed E-state index contributed by atoms with van der Waals surface area (Å²) < 4.78 is 15.8. The van der Waals surface area contributed by atoms with Gasteiger partial charge in [-0.1, -0.05) is 42.5 Å². The zero-order chi connectivity index (χ0) is 20.6. The first-order valence-corrected chi connectivity index (χ1v) is 8.86. The largest absolute Gasteiger partial charge is 0.493 e. The van der Waals surface area contributed by atoms with Gasteiger partial charge in [0.15, 0.2) is 11.5 Å². The number of nitriles is 1. The Bertz CT molecular complexity index is 1060. The molecule has 0 saturated heterocycles. The highest BCUT2D eigenvalue weighted by molar-refractivity contribution is 5.92. The number of esters is 1. The average Bonchev–Trinajstić information content (AvgIpc) is 2.78. The first-order valence-electron chi connectivity index (χ1n) is 8.86. The van der Waals surface area contributed by atoms with Crippen molar-refractivity contribution in [2.75, 3.05) is 14.2 Å². The Labute approximate surface area is 169 Å². The molecule has 29 heavy (non-hydrogen) atoms. The van der Waals surface area contributed by atoms with Gasteiger partial charge in [0.1, 0.15) is 5.75 Å². The molecule has 144 valence electrons. The standard InChI is InChI=1S/C24H19NO4/c1-27-22-13-10-19(15-23(22)28-2)24(26)29-21-11-8-17(9-12-21)14-20(16-25)18-6-4-3-5-7-18/h3-15H,1-2H3/b20-14-. The van der Waals surface area contributed by atoms with Crippen molar-refractivity contribution < 1.29 is 19.0 Å². The normalized spacial score (nSPS) is 10.7. The van der Waals surface area contributed by atoms with Gasteiger partial charge in [-0.25, -0.2) is 4.79 Å². The van der Waals surface area contributed by atoms with Crippen molar-refractivity contribution in [3.05, 3.63) is 89.5 Å². The Morgan fingerprint density at radius 3 is 2.17 bits per heavy atom. The first kappa shape index (κ1) is 19.7. The Morgan fingerprint density at radius 1 is 0.862 bits per heavy atom. The summed E-state index contributed by atoms with van der Waals surface area (Å²) in [4.78, 5) is 12.4. The lowest BCUT2D eigenvalue weighted by Crippen LogP contribution is -2.08. The molecule has 3 aromatic carbocycles. The quantitative estimate of drug-likeness (QED) is 0.259. The molecule has 3 aromatic rings. The fourth-order valence-corrected chi connectivity index (χ4v) is 2.73. The molecule has 0 aliphatic carbocycles. The third-order valence-electron chi connectivity index (χ3n) is 4.23. The van der Waals surface area contributed by atoms with Crippen LogP contribution >= 0.6 is 0 Å². The van der Waals surface area contributed by atoms with Gasteiger partial charge in [0.2, 0.25) is 0 Å². The first-order chi connectivity index (χ1) is 14.1. The van der Waals surface area contributed by atoms with Crippen LogP contribution in [0, 0.1) is 11.3 Å². The number of rotatable bonds is 6. The van der Waals surface area contributed by atoms with Crippen LogP contribution in [0.15, 0.2) is 72.8 Å². The third-order valence-corrected chi connectivity index (χ3v) is 4.23. The molecule has 0 atom stereocenters. The zero-order valence-corrected chi connectivity index (χ0v) is 16.1. The predicted octanol–water partition coefficient (Wildman–Crippen LogP) is 4.99. The second-order valence-corrected chi connectivity index (χ2v) is 6.06. The minimum Gasteiger partial charge on any atom is -0.493 e. The number of nitrogens with zero attached hydrogens (tertiary/aromatic N) is 1. The molecule has 0 amide bonds. The number of carbonyl (C=O) groups excluding carboxylic acids is 1. The SMILES string of the molecule is COc1ccc(C(=O)Oc2ccc(/C=C(/C#N)c3ccccc3)cc2)cc1OC. The van der Waals surface area contributed by atoms with Gasteiger partial charge in [-0.3, -0.25) is 0 Å². The van der Waals surface area contributed by atoms with Gasteiger partial charge in [-0.2, -0.15) is 5.26 Å². The van der Waals surface area contributed by atoms with Crippen molar-refractivity contribution in [1.29, 1.82) is 5.26 Å². The summed E-state index contributed by atoms with van der Waals surface area (Å²) in [6, 6.07) is 23.4. The topological polar surface area (TPSA) is 68.5 Å². The lowest BCUT2D eigenvalue weighted by molar-refractivity contribution is 0.0734. The highest BCUT2D eigenvalue weighted by Gasteiger charge is 2.13. The van der Waals surface area contributed by atoms with Crippen LogP contribution in [0.3, 0.4) is 0 Å². The second-order valence-electron chi connectivity index (χ2n) is 6.06. The molecular weight excluding hydrogens is 366 g/mol. The fraction of sp³-hybridized carbons (Fsp3) is 0.0833. The molecule has 0 radical (unpaired) electrons. The van der Waals surface area contributed by atoms with Crippen LogP contribution < -0.4 is 14.2 Å². The van der Waals surface area contributed by atoms with Crippen molar-refractivity contribution in [1.82, 2.24) is 0 Å². The minimum absolute atomic E-state index is 0.350. The highest BCUT2D eigenvalue weighted by Crippen LogP contribution is 2.28. The van der Waals surface area contributed by atoms with Crippen LogP contribution in [0.5, 0.6) is 17.2 Å². The smallest absolute Gasteiger partial charge is 0.343 e. The van der Waals surface area contributed by atoms with Gasteiger partial charge >= 0.3 is 5.97 Å². The molecule has 0 aromatic heterocycles. The Hall–Kier alpha value is -4.04. The number of benzene rings is 3. The van der Waals surface area contributed by atoms with Crippen molar-refractivity contribution >= 4 is 17.6 Å². The fourth-order valence-electron chi connectivity index (χ4n) is 2.73. The van der Waals surface area contributed by atoms with E-state index in [-0.39, 0.29) is 0 Å². The molecule has 0 spiro atoms. The van der Waals surface area contributed by atoms with E-state index in [1.807, 2.05) is 30.3 Å². The summed E-state index contributed by atoms with van der Waals surface area (Å²) >= 11 is 0. The van der Waals surface area contributed by atoms with Gasteiger partial charge in [-0.15, -0.1) is 0 Å². The van der Waals surface area contributed by atoms with Crippen molar-refractivity contribution in [3.8, 4) is 23.3 Å². The lowest BCUT2D eigenvalue weighted by atomic mass is 10.0. The summed E-state index contributed by atoms with van der Waals surface area (Å²) in [6.45, 7) is 0. The molecular formula is C24H19NO4. The Balaban J connectivity index is 1.75. The molecule has 0 heterocycles. The summed E-state index contributed by atoms with van der Waals surface area (Å²) in [5, 5.41) is 9.41. The monoisotopic (exact) mass is 385 g/mol. The van der Waals surface area contributed by atoms with Crippen molar-refractivity contribution in [2.45, 2.75) is 0 Å². The molecule has 0 bridgehead atoms. The summed E-state index contributed by atoms with van der Waals surface area (Å²) in [5.41, 5.74) is 2.58. The van der Waals surface area contributed by atoms with Gasteiger partial charge < -0.3 is 14.2 Å². The van der Waals surface area contributed by atoms with Crippen LogP contribution in [0.1, 0.15) is 21.5 Å². The number of allylic oxidation sites excluding steroid dienone is 1. The third kappa shape index (κ3) is 4.82. The number of ether oxygens (including phenoxy) is 3. The van der Waals surface area contributed by atoms with E-state index in [4.69, 9.17) is 14.2 Å². The molecule has 0 saturated carbocycles. The Kier molecular flexibility index (Phi) is 6.29. The molecule has 5 nitrogen and oxygen atoms in total. The van der Waals surface area contributed by atoms with E-state index >= 15 is 0 Å². The lowest BCUT2D eigenvalue weighted by Gasteiger charge is -2.09. The zero-order valence-electron chi connectivity index (χ0n) is 16.1. The van der Waals surface area contributed by atoms with Gasteiger partial charge in [0, 0.05) is 0 Å². The number of hydrogen-bond acceptors (Lipinski definition) is 5. The van der Waals surface area contributed by atoms with E-state index in [0.29, 0.717) is 28.4 Å². The van der Waals surface area contributed by atoms with Crippen LogP contribution in [0.2, 0.25) is 0 Å². The summed E-state index contributed by atoms with van der Waals surface area (Å²) in [5.74, 6) is 0.885. The van der Waals surface area contributed by atoms with Gasteiger partial charge in [0.05, 0.1) is 31.4 Å². The second kappa shape index (κ2) is 9.25. The van der Waals surface area contributed by atoms with Crippen molar-refractivity contribution in [2.24, 2.45) is 0 Å². The number of methoxy groups -OCH3 is 2. The Morgan fingerprint density at radius 2 is 1.55 bits per heavy atom. The minimum atomic E-state index is -0.503. The van der Waals surface area contributed by atoms with Crippen LogP contribution in [0.25, 0.3) is 11.6 Å². The molecule has 0 fully saturated rings. The maximum Gasteiger partial charge on any atom is 0.343 e. The van der Waals surface area contributed by atoms with E-state index in [1.165, 1.54) is 14.2 Å². The maximum absolute atomic E-state index is 12.4. The van der Waals surface area contributed by atoms with E-state index in [9.17, 15) is 10.1 Å². The van der Waals surface area contributed by atoms with Crippen LogP contribution in [0.4, 0.5) is 0 Å². The van der Waals surface area contributed by atoms with E-state index in [2.05, 4.69) is 6.07 Å². The molecule has 0 N–H and O–H groups in total. The molecule has 0 aliphatic rings. The highest BCUT2D eigenvalue weighted by atomic mass is 16.5. The summed E-state index contributed by atoms with van der Waals surface area (Å²) in [7, 11) is 3.03. The van der Waals surface area contributed by atoms with Crippen LogP contribution in [-0.2, 0) is 0 Å². The predicted molar refractivity (Wildman–Crippen MR) is 111 cm³/mol. The van der Waals surface area contributed by atoms with Gasteiger partial charge in [-0.05, 0) is 47.5 Å². The molecule has 0 aliphatic heterocycles. The maximum atomic E-state index is 12.4. The summed E-state index contributed by atoms with van der Waals surface area (Å²) in [6.07, 6.45) is 1.79. The van der Waals surface area contributed by atoms with E-state index in [0.717, 1.165) is 11.1 Å². The van der Waals surface area contributed by atoms with E-state index < -0.39 is 5.97 Å². The average molecular weight is 385 g/mol. The molecule has 3 rings (SSSR count). The van der Waals surface area contributed by atoms with Crippen molar-refractivity contribution in [3.63, 3.8) is 0 Å².